The summed E-state index contributed by atoms with van der Waals surface area (Å²) in [5.74, 6) is -11.3. The summed E-state index contributed by atoms with van der Waals surface area (Å²) in [5.41, 5.74) is -4.76. The highest BCUT2D eigenvalue weighted by Gasteiger charge is 2.42. The van der Waals surface area contributed by atoms with E-state index in [0.29, 0.717) is 0 Å². The van der Waals surface area contributed by atoms with Gasteiger partial charge in [-0.3, -0.25) is 9.48 Å². The van der Waals surface area contributed by atoms with Gasteiger partial charge in [0.15, 0.2) is 29.0 Å². The molecule has 11 heteroatoms. The fraction of sp³-hybridized carbons (Fsp3) is 0.167. The maximum absolute atomic E-state index is 13.6. The van der Waals surface area contributed by atoms with Crippen molar-refractivity contribution in [1.82, 2.24) is 9.78 Å². The Bertz CT molecular complexity index is 753. The van der Waals surface area contributed by atoms with E-state index < -0.39 is 46.6 Å². The maximum Gasteiger partial charge on any atom is 0.422 e. The Morgan fingerprint density at radius 3 is 2.00 bits per heavy atom. The van der Waals surface area contributed by atoms with Crippen LogP contribution in [0.2, 0.25) is 0 Å². The Hall–Kier alpha value is -2.59. The molecule has 1 aromatic carbocycles. The molecular formula is C12H6F7N3O. The van der Waals surface area contributed by atoms with E-state index in [9.17, 15) is 35.5 Å². The Balaban J connectivity index is 2.50. The maximum atomic E-state index is 13.6. The summed E-state index contributed by atoms with van der Waals surface area (Å²) in [7, 11) is 1.41. The smallest absolute Gasteiger partial charge is 0.315 e. The minimum absolute atomic E-state index is 0.369. The van der Waals surface area contributed by atoms with Crippen LogP contribution in [0.5, 0.6) is 0 Å². The quantitative estimate of drug-likeness (QED) is 0.673. The number of nitrogens with zero attached hydrogens (tertiary/aromatic N) is 2. The van der Waals surface area contributed by atoms with Crippen LogP contribution in [0.3, 0.4) is 0 Å². The molecule has 0 aliphatic rings. The monoisotopic (exact) mass is 341 g/mol. The number of rotatable bonds is 2. The summed E-state index contributed by atoms with van der Waals surface area (Å²) >= 11 is 0. The molecule has 1 aromatic heterocycles. The highest BCUT2D eigenvalue weighted by atomic mass is 19.4. The van der Waals surface area contributed by atoms with Crippen LogP contribution in [-0.4, -0.2) is 15.7 Å². The van der Waals surface area contributed by atoms with Crippen molar-refractivity contribution < 1.29 is 35.5 Å². The zero-order chi connectivity index (χ0) is 17.5. The van der Waals surface area contributed by atoms with Crippen LogP contribution in [0.1, 0.15) is 16.1 Å². The molecule has 0 fully saturated rings. The molecule has 0 atom stereocenters. The first-order valence-corrected chi connectivity index (χ1v) is 5.78. The molecule has 124 valence electrons. The van der Waals surface area contributed by atoms with E-state index in [1.165, 1.54) is 18.6 Å². The molecule has 0 spiro atoms. The highest BCUT2D eigenvalue weighted by molar-refractivity contribution is 6.03. The summed E-state index contributed by atoms with van der Waals surface area (Å²) in [6.45, 7) is 0. The number of halogens is 7. The summed E-state index contributed by atoms with van der Waals surface area (Å²) in [6, 6.07) is 1.11. The van der Waals surface area contributed by atoms with Crippen molar-refractivity contribution in [3.63, 3.8) is 0 Å². The molecule has 0 saturated heterocycles. The van der Waals surface area contributed by atoms with Gasteiger partial charge in [-0.05, 0) is 6.07 Å². The first-order valence-electron chi connectivity index (χ1n) is 5.78. The fourth-order valence-corrected chi connectivity index (χ4v) is 1.70. The largest absolute Gasteiger partial charge is 0.422 e. The summed E-state index contributed by atoms with van der Waals surface area (Å²) < 4.78 is 92.4. The van der Waals surface area contributed by atoms with Crippen LogP contribution in [0.15, 0.2) is 12.3 Å². The van der Waals surface area contributed by atoms with E-state index in [-0.39, 0.29) is 5.69 Å². The van der Waals surface area contributed by atoms with Crippen LogP contribution < -0.4 is 5.32 Å². The minimum Gasteiger partial charge on any atom is -0.315 e. The summed E-state index contributed by atoms with van der Waals surface area (Å²) in [5, 5.41) is 5.02. The molecule has 0 saturated carbocycles. The van der Waals surface area contributed by atoms with Gasteiger partial charge in [-0.25, -0.2) is 17.6 Å². The van der Waals surface area contributed by atoms with Gasteiger partial charge in [-0.1, -0.05) is 0 Å². The number of aryl methyl sites for hydroxylation is 1. The number of aromatic nitrogens is 2. The Morgan fingerprint density at radius 1 is 1.09 bits per heavy atom. The normalized spacial score (nSPS) is 11.7. The van der Waals surface area contributed by atoms with Crippen LogP contribution in [0.25, 0.3) is 0 Å². The number of carbonyl (C=O) groups is 1. The third kappa shape index (κ3) is 2.98. The van der Waals surface area contributed by atoms with E-state index >= 15 is 0 Å². The number of carbonyl (C=O) groups excluding carboxylic acids is 1. The molecule has 0 bridgehead atoms. The second-order valence-corrected chi connectivity index (χ2v) is 4.33. The average molecular weight is 341 g/mol. The minimum atomic E-state index is -5.65. The Kier molecular flexibility index (Phi) is 4.05. The van der Waals surface area contributed by atoms with Gasteiger partial charge in [-0.2, -0.15) is 18.3 Å². The zero-order valence-electron chi connectivity index (χ0n) is 11.1. The number of nitrogens with one attached hydrogen (secondary N) is 1. The molecule has 1 heterocycles. The predicted molar refractivity (Wildman–Crippen MR) is 62.4 cm³/mol. The first-order chi connectivity index (χ1) is 10.5. The van der Waals surface area contributed by atoms with E-state index in [1.807, 2.05) is 0 Å². The highest BCUT2D eigenvalue weighted by Crippen LogP contribution is 2.38. The average Bonchev–Trinajstić information content (AvgIpc) is 2.86. The SMILES string of the molecule is Cn1ccc(C(=O)Nc2c(F)c(F)c(C(F)(F)F)c(F)c2F)n1. The number of hydrogen-bond acceptors (Lipinski definition) is 2. The molecule has 23 heavy (non-hydrogen) atoms. The van der Waals surface area contributed by atoms with Crippen molar-refractivity contribution in [2.45, 2.75) is 6.18 Å². The van der Waals surface area contributed by atoms with E-state index in [1.54, 1.807) is 0 Å². The van der Waals surface area contributed by atoms with Crippen LogP contribution in [0, 0.1) is 23.3 Å². The number of anilines is 1. The predicted octanol–water partition coefficient (Wildman–Crippen LogP) is 3.25. The van der Waals surface area contributed by atoms with Crippen LogP contribution in [-0.2, 0) is 13.2 Å². The topological polar surface area (TPSA) is 46.9 Å². The molecule has 1 amide bonds. The molecule has 0 radical (unpaired) electrons. The standard InChI is InChI=1S/C12H6F7N3O/c1-22-3-2-4(21-22)11(23)20-10-8(15)6(13)5(12(17,18)19)7(14)9(10)16/h2-3H,1H3,(H,20,23). The molecule has 4 nitrogen and oxygen atoms in total. The lowest BCUT2D eigenvalue weighted by atomic mass is 10.1. The van der Waals surface area contributed by atoms with Gasteiger partial charge in [0, 0.05) is 13.2 Å². The van der Waals surface area contributed by atoms with Crippen molar-refractivity contribution >= 4 is 11.6 Å². The van der Waals surface area contributed by atoms with E-state index in [4.69, 9.17) is 0 Å². The fourth-order valence-electron chi connectivity index (χ4n) is 1.70. The summed E-state index contributed by atoms with van der Waals surface area (Å²) in [4.78, 5) is 11.6. The van der Waals surface area contributed by atoms with Gasteiger partial charge in [0.1, 0.15) is 11.3 Å². The third-order valence-corrected chi connectivity index (χ3v) is 2.73. The number of hydrogen-bond donors (Lipinski definition) is 1. The Morgan fingerprint density at radius 2 is 1.61 bits per heavy atom. The van der Waals surface area contributed by atoms with Gasteiger partial charge in [0.2, 0.25) is 0 Å². The lowest BCUT2D eigenvalue weighted by Crippen LogP contribution is -2.20. The van der Waals surface area contributed by atoms with Crippen LogP contribution >= 0.6 is 0 Å². The van der Waals surface area contributed by atoms with Crippen molar-refractivity contribution in [3.8, 4) is 0 Å². The second kappa shape index (κ2) is 5.56. The van der Waals surface area contributed by atoms with Gasteiger partial charge in [0.05, 0.1) is 0 Å². The lowest BCUT2D eigenvalue weighted by Gasteiger charge is -2.14. The molecule has 0 aliphatic heterocycles. The first kappa shape index (κ1) is 16.8. The molecular weight excluding hydrogens is 335 g/mol. The molecule has 1 N–H and O–H groups in total. The van der Waals surface area contributed by atoms with Gasteiger partial charge < -0.3 is 5.32 Å². The second-order valence-electron chi connectivity index (χ2n) is 4.33. The van der Waals surface area contributed by atoms with Gasteiger partial charge in [-0.15, -0.1) is 0 Å². The zero-order valence-corrected chi connectivity index (χ0v) is 11.1. The van der Waals surface area contributed by atoms with E-state index in [2.05, 4.69) is 5.10 Å². The molecule has 2 rings (SSSR count). The van der Waals surface area contributed by atoms with Crippen molar-refractivity contribution in [1.29, 1.82) is 0 Å². The molecule has 0 unspecified atom stereocenters. The van der Waals surface area contributed by atoms with Gasteiger partial charge >= 0.3 is 6.18 Å². The van der Waals surface area contributed by atoms with Crippen molar-refractivity contribution in [2.75, 3.05) is 5.32 Å². The number of benzene rings is 1. The Labute approximate surface area is 123 Å². The van der Waals surface area contributed by atoms with Crippen LogP contribution in [0.4, 0.5) is 36.4 Å². The number of amides is 1. The van der Waals surface area contributed by atoms with Gasteiger partial charge in [0.25, 0.3) is 5.91 Å². The van der Waals surface area contributed by atoms with E-state index in [0.717, 1.165) is 10.7 Å². The van der Waals surface area contributed by atoms with Crippen molar-refractivity contribution in [2.24, 2.45) is 7.05 Å². The molecule has 0 aliphatic carbocycles. The van der Waals surface area contributed by atoms with Crippen molar-refractivity contribution in [3.05, 3.63) is 46.8 Å². The third-order valence-electron chi connectivity index (χ3n) is 2.73. The number of alkyl halides is 3. The molecule has 2 aromatic rings. The lowest BCUT2D eigenvalue weighted by molar-refractivity contribution is -0.143. The summed E-state index contributed by atoms with van der Waals surface area (Å²) in [6.07, 6.45) is -4.37.